The summed E-state index contributed by atoms with van der Waals surface area (Å²) in [7, 11) is 0. The van der Waals surface area contributed by atoms with Crippen LogP contribution < -0.4 is 5.32 Å². The van der Waals surface area contributed by atoms with E-state index in [2.05, 4.69) is 43.4 Å². The molecule has 1 aromatic carbocycles. The zero-order chi connectivity index (χ0) is 9.26. The van der Waals surface area contributed by atoms with Crippen LogP contribution in [0.5, 0.6) is 0 Å². The summed E-state index contributed by atoms with van der Waals surface area (Å²) in [6.07, 6.45) is 0.0931. The molecule has 1 aliphatic rings. The number of rotatable bonds is 1. The summed E-state index contributed by atoms with van der Waals surface area (Å²) in [5.41, 5.74) is 2.50. The van der Waals surface area contributed by atoms with Crippen molar-refractivity contribution in [2.75, 3.05) is 6.61 Å². The third-order valence-electron chi connectivity index (χ3n) is 2.33. The first-order valence-electron chi connectivity index (χ1n) is 4.70. The van der Waals surface area contributed by atoms with Crippen LogP contribution in [0, 0.1) is 6.92 Å². The Hall–Kier alpha value is -0.860. The number of aryl methyl sites for hydroxylation is 1. The maximum absolute atomic E-state index is 5.58. The van der Waals surface area contributed by atoms with Gasteiger partial charge in [-0.3, -0.25) is 5.32 Å². The summed E-state index contributed by atoms with van der Waals surface area (Å²) >= 11 is 0. The summed E-state index contributed by atoms with van der Waals surface area (Å²) < 4.78 is 5.58. The monoisotopic (exact) mass is 177 g/mol. The van der Waals surface area contributed by atoms with Crippen LogP contribution in [0.4, 0.5) is 0 Å². The van der Waals surface area contributed by atoms with E-state index in [1.807, 2.05) is 0 Å². The molecule has 1 saturated heterocycles. The molecule has 0 amide bonds. The Balaban J connectivity index is 2.13. The lowest BCUT2D eigenvalue weighted by Gasteiger charge is -2.10. The molecule has 1 heterocycles. The minimum atomic E-state index is 0.0931. The highest BCUT2D eigenvalue weighted by Gasteiger charge is 2.21. The number of ether oxygens (including phenoxy) is 1. The predicted molar refractivity (Wildman–Crippen MR) is 52.5 cm³/mol. The molecule has 70 valence electrons. The van der Waals surface area contributed by atoms with E-state index in [1.54, 1.807) is 0 Å². The summed E-state index contributed by atoms with van der Waals surface area (Å²) in [4.78, 5) is 0. The summed E-state index contributed by atoms with van der Waals surface area (Å²) in [6, 6.07) is 8.93. The van der Waals surface area contributed by atoms with Crippen LogP contribution >= 0.6 is 0 Å². The average Bonchev–Trinajstić information content (AvgIpc) is 2.53. The molecule has 2 nitrogen and oxygen atoms in total. The van der Waals surface area contributed by atoms with Crippen molar-refractivity contribution in [2.45, 2.75) is 26.1 Å². The van der Waals surface area contributed by atoms with Crippen LogP contribution in [0.3, 0.4) is 0 Å². The predicted octanol–water partition coefficient (Wildman–Crippen LogP) is 2.00. The van der Waals surface area contributed by atoms with E-state index in [0.29, 0.717) is 6.04 Å². The van der Waals surface area contributed by atoms with Crippen LogP contribution in [0.15, 0.2) is 24.3 Å². The Bertz CT molecular complexity index is 281. The summed E-state index contributed by atoms with van der Waals surface area (Å²) in [5.74, 6) is 0. The Morgan fingerprint density at radius 2 is 2.00 bits per heavy atom. The molecule has 0 aromatic heterocycles. The molecular weight excluding hydrogens is 162 g/mol. The fourth-order valence-corrected chi connectivity index (χ4v) is 1.53. The van der Waals surface area contributed by atoms with Crippen molar-refractivity contribution in [2.24, 2.45) is 0 Å². The SMILES string of the molecule is Cc1ccc([C@H]2N[C@@H](C)CO2)cc1. The Morgan fingerprint density at radius 1 is 1.31 bits per heavy atom. The largest absolute Gasteiger partial charge is 0.357 e. The number of nitrogens with one attached hydrogen (secondary N) is 1. The molecular formula is C11H15NO. The fraction of sp³-hybridized carbons (Fsp3) is 0.455. The molecule has 0 aliphatic carbocycles. The van der Waals surface area contributed by atoms with Gasteiger partial charge in [-0.25, -0.2) is 0 Å². The van der Waals surface area contributed by atoms with Crippen molar-refractivity contribution in [3.63, 3.8) is 0 Å². The second kappa shape index (κ2) is 3.48. The van der Waals surface area contributed by atoms with Gasteiger partial charge in [0.15, 0.2) is 0 Å². The van der Waals surface area contributed by atoms with Crippen LogP contribution in [0.2, 0.25) is 0 Å². The highest BCUT2D eigenvalue weighted by Crippen LogP contribution is 2.20. The van der Waals surface area contributed by atoms with E-state index in [4.69, 9.17) is 4.74 Å². The fourth-order valence-electron chi connectivity index (χ4n) is 1.53. The van der Waals surface area contributed by atoms with Gasteiger partial charge in [0, 0.05) is 6.04 Å². The molecule has 0 unspecified atom stereocenters. The summed E-state index contributed by atoms with van der Waals surface area (Å²) in [5, 5.41) is 3.37. The van der Waals surface area contributed by atoms with Gasteiger partial charge in [-0.1, -0.05) is 29.8 Å². The third-order valence-corrected chi connectivity index (χ3v) is 2.33. The van der Waals surface area contributed by atoms with Crippen molar-refractivity contribution < 1.29 is 4.74 Å². The zero-order valence-electron chi connectivity index (χ0n) is 8.08. The average molecular weight is 177 g/mol. The Kier molecular flexibility index (Phi) is 2.34. The summed E-state index contributed by atoms with van der Waals surface area (Å²) in [6.45, 7) is 5.03. The number of hydrogen-bond donors (Lipinski definition) is 1. The van der Waals surface area contributed by atoms with Crippen molar-refractivity contribution in [1.29, 1.82) is 0 Å². The van der Waals surface area contributed by atoms with Crippen molar-refractivity contribution in [1.82, 2.24) is 5.32 Å². The Labute approximate surface area is 78.9 Å². The smallest absolute Gasteiger partial charge is 0.134 e. The lowest BCUT2D eigenvalue weighted by Crippen LogP contribution is -2.22. The number of hydrogen-bond acceptors (Lipinski definition) is 2. The normalized spacial score (nSPS) is 27.8. The topological polar surface area (TPSA) is 21.3 Å². The van der Waals surface area contributed by atoms with Crippen molar-refractivity contribution in [3.8, 4) is 0 Å². The van der Waals surface area contributed by atoms with Crippen LogP contribution in [0.25, 0.3) is 0 Å². The van der Waals surface area contributed by atoms with Gasteiger partial charge in [-0.2, -0.15) is 0 Å². The standard InChI is InChI=1S/C11H15NO/c1-8-3-5-10(6-4-8)11-12-9(2)7-13-11/h3-6,9,11-12H,7H2,1-2H3/t9-,11-/m0/s1. The van der Waals surface area contributed by atoms with Gasteiger partial charge in [0.25, 0.3) is 0 Å². The maximum atomic E-state index is 5.58. The van der Waals surface area contributed by atoms with Crippen molar-refractivity contribution in [3.05, 3.63) is 35.4 Å². The van der Waals surface area contributed by atoms with Gasteiger partial charge in [0.05, 0.1) is 6.61 Å². The Morgan fingerprint density at radius 3 is 2.54 bits per heavy atom. The highest BCUT2D eigenvalue weighted by molar-refractivity contribution is 5.23. The van der Waals surface area contributed by atoms with Gasteiger partial charge >= 0.3 is 0 Å². The zero-order valence-corrected chi connectivity index (χ0v) is 8.08. The molecule has 2 atom stereocenters. The second-order valence-corrected chi connectivity index (χ2v) is 3.69. The molecule has 0 bridgehead atoms. The highest BCUT2D eigenvalue weighted by atomic mass is 16.5. The van der Waals surface area contributed by atoms with E-state index < -0.39 is 0 Å². The molecule has 0 spiro atoms. The lowest BCUT2D eigenvalue weighted by molar-refractivity contribution is 0.101. The first-order chi connectivity index (χ1) is 6.25. The van der Waals surface area contributed by atoms with Crippen LogP contribution in [-0.4, -0.2) is 12.6 Å². The molecule has 2 heteroatoms. The minimum absolute atomic E-state index is 0.0931. The first-order valence-corrected chi connectivity index (χ1v) is 4.70. The van der Waals surface area contributed by atoms with E-state index >= 15 is 0 Å². The van der Waals surface area contributed by atoms with Crippen LogP contribution in [0.1, 0.15) is 24.3 Å². The van der Waals surface area contributed by atoms with Gasteiger partial charge in [0.2, 0.25) is 0 Å². The van der Waals surface area contributed by atoms with E-state index in [-0.39, 0.29) is 6.23 Å². The molecule has 1 N–H and O–H groups in total. The third kappa shape index (κ3) is 1.90. The first kappa shape index (κ1) is 8.73. The molecule has 0 saturated carbocycles. The minimum Gasteiger partial charge on any atom is -0.357 e. The van der Waals surface area contributed by atoms with E-state index in [0.717, 1.165) is 6.61 Å². The van der Waals surface area contributed by atoms with Gasteiger partial charge in [0.1, 0.15) is 6.23 Å². The molecule has 1 fully saturated rings. The quantitative estimate of drug-likeness (QED) is 0.708. The maximum Gasteiger partial charge on any atom is 0.134 e. The number of benzene rings is 1. The van der Waals surface area contributed by atoms with Crippen molar-refractivity contribution >= 4 is 0 Å². The van der Waals surface area contributed by atoms with E-state index in [9.17, 15) is 0 Å². The molecule has 0 radical (unpaired) electrons. The van der Waals surface area contributed by atoms with Crippen LogP contribution in [-0.2, 0) is 4.74 Å². The van der Waals surface area contributed by atoms with Gasteiger partial charge in [-0.05, 0) is 19.4 Å². The molecule has 2 rings (SSSR count). The van der Waals surface area contributed by atoms with E-state index in [1.165, 1.54) is 11.1 Å². The molecule has 1 aromatic rings. The van der Waals surface area contributed by atoms with Gasteiger partial charge in [-0.15, -0.1) is 0 Å². The lowest BCUT2D eigenvalue weighted by atomic mass is 10.1. The van der Waals surface area contributed by atoms with Gasteiger partial charge < -0.3 is 4.74 Å². The molecule has 1 aliphatic heterocycles. The second-order valence-electron chi connectivity index (χ2n) is 3.69. The molecule has 13 heavy (non-hydrogen) atoms.